The van der Waals surface area contributed by atoms with Crippen molar-refractivity contribution in [1.82, 2.24) is 14.5 Å². The number of amides is 1. The minimum absolute atomic E-state index is 0.000522. The molecule has 1 fully saturated rings. The van der Waals surface area contributed by atoms with Gasteiger partial charge in [0.2, 0.25) is 0 Å². The number of halogens is 1. The highest BCUT2D eigenvalue weighted by molar-refractivity contribution is 7.08. The van der Waals surface area contributed by atoms with Gasteiger partial charge in [0, 0.05) is 42.5 Å². The van der Waals surface area contributed by atoms with E-state index in [1.165, 1.54) is 16.8 Å². The number of piperazine rings is 1. The van der Waals surface area contributed by atoms with Gasteiger partial charge in [-0.15, -0.1) is 5.10 Å². The smallest absolute Gasteiger partial charge is 0.268 e. The number of aryl methyl sites for hydroxylation is 1. The van der Waals surface area contributed by atoms with Crippen molar-refractivity contribution in [2.75, 3.05) is 31.1 Å². The molecule has 28 heavy (non-hydrogen) atoms. The summed E-state index contributed by atoms with van der Waals surface area (Å²) in [5.41, 5.74) is 5.34. The van der Waals surface area contributed by atoms with Crippen molar-refractivity contribution in [3.8, 4) is 11.3 Å². The Morgan fingerprint density at radius 1 is 1.04 bits per heavy atom. The summed E-state index contributed by atoms with van der Waals surface area (Å²) in [6.07, 6.45) is 0. The molecular formula is C21H21ClN4OS. The van der Waals surface area contributed by atoms with Crippen molar-refractivity contribution < 1.29 is 4.79 Å². The lowest BCUT2D eigenvalue weighted by molar-refractivity contribution is 0.0752. The lowest BCUT2D eigenvalue weighted by Crippen LogP contribution is -2.49. The van der Waals surface area contributed by atoms with Crippen LogP contribution in [0.5, 0.6) is 0 Å². The highest BCUT2D eigenvalue weighted by Gasteiger charge is 2.27. The van der Waals surface area contributed by atoms with Gasteiger partial charge in [0.15, 0.2) is 0 Å². The molecule has 0 radical (unpaired) electrons. The molecule has 2 aromatic carbocycles. The van der Waals surface area contributed by atoms with E-state index in [0.29, 0.717) is 28.7 Å². The number of aromatic nitrogens is 2. The monoisotopic (exact) mass is 412 g/mol. The highest BCUT2D eigenvalue weighted by atomic mass is 35.5. The zero-order valence-corrected chi connectivity index (χ0v) is 17.4. The summed E-state index contributed by atoms with van der Waals surface area (Å²) in [5, 5.41) is 4.84. The topological polar surface area (TPSA) is 49.3 Å². The standard InChI is InChI=1S/C21H21ClN4OS/c1-14-4-3-5-18(15(14)2)25-10-12-26(13-11-25)21(27)20-19(23-24-28-20)16-6-8-17(22)9-7-16/h3-9H,10-13H2,1-2H3. The van der Waals surface area contributed by atoms with Crippen LogP contribution >= 0.6 is 23.1 Å². The molecule has 1 amide bonds. The first-order chi connectivity index (χ1) is 13.5. The lowest BCUT2D eigenvalue weighted by atomic mass is 10.1. The molecule has 0 saturated carbocycles. The molecule has 144 valence electrons. The van der Waals surface area contributed by atoms with Gasteiger partial charge in [-0.25, -0.2) is 0 Å². The Kier molecular flexibility index (Phi) is 5.33. The van der Waals surface area contributed by atoms with Crippen molar-refractivity contribution in [3.05, 3.63) is 63.5 Å². The number of rotatable bonds is 3. The van der Waals surface area contributed by atoms with Gasteiger partial charge in [0.25, 0.3) is 5.91 Å². The second kappa shape index (κ2) is 7.89. The largest absolute Gasteiger partial charge is 0.368 e. The molecule has 1 aliphatic heterocycles. The Labute approximate surface area is 173 Å². The molecule has 0 spiro atoms. The minimum Gasteiger partial charge on any atom is -0.368 e. The molecule has 0 N–H and O–H groups in total. The second-order valence-electron chi connectivity index (χ2n) is 6.96. The molecule has 3 aromatic rings. The quantitative estimate of drug-likeness (QED) is 0.638. The fourth-order valence-electron chi connectivity index (χ4n) is 3.50. The number of carbonyl (C=O) groups excluding carboxylic acids is 1. The van der Waals surface area contributed by atoms with E-state index in [1.807, 2.05) is 17.0 Å². The number of anilines is 1. The van der Waals surface area contributed by atoms with Crippen LogP contribution in [0.25, 0.3) is 11.3 Å². The maximum Gasteiger partial charge on any atom is 0.268 e. The Hall–Kier alpha value is -2.44. The first-order valence-corrected chi connectivity index (χ1v) is 10.4. The summed E-state index contributed by atoms with van der Waals surface area (Å²) in [4.78, 5) is 17.9. The van der Waals surface area contributed by atoms with Crippen LogP contribution in [0.4, 0.5) is 5.69 Å². The SMILES string of the molecule is Cc1cccc(N2CCN(C(=O)c3snnc3-c3ccc(Cl)cc3)CC2)c1C. The molecular weight excluding hydrogens is 392 g/mol. The van der Waals surface area contributed by atoms with Crippen LogP contribution in [-0.2, 0) is 0 Å². The molecule has 0 aliphatic carbocycles. The normalized spacial score (nSPS) is 14.4. The van der Waals surface area contributed by atoms with Crippen LogP contribution in [0.1, 0.15) is 20.8 Å². The second-order valence-corrected chi connectivity index (χ2v) is 8.15. The molecule has 1 aliphatic rings. The number of benzene rings is 2. The molecule has 1 saturated heterocycles. The van der Waals surface area contributed by atoms with Crippen molar-refractivity contribution in [1.29, 1.82) is 0 Å². The van der Waals surface area contributed by atoms with E-state index >= 15 is 0 Å². The van der Waals surface area contributed by atoms with Crippen LogP contribution < -0.4 is 4.90 Å². The van der Waals surface area contributed by atoms with E-state index < -0.39 is 0 Å². The van der Waals surface area contributed by atoms with E-state index in [-0.39, 0.29) is 5.91 Å². The zero-order valence-electron chi connectivity index (χ0n) is 15.9. The average molecular weight is 413 g/mol. The average Bonchev–Trinajstić information content (AvgIpc) is 3.20. The maximum absolute atomic E-state index is 13.1. The Morgan fingerprint density at radius 2 is 1.75 bits per heavy atom. The van der Waals surface area contributed by atoms with Crippen molar-refractivity contribution >= 4 is 34.7 Å². The summed E-state index contributed by atoms with van der Waals surface area (Å²) in [6, 6.07) is 13.7. The first kappa shape index (κ1) is 18.9. The first-order valence-electron chi connectivity index (χ1n) is 9.23. The predicted molar refractivity (Wildman–Crippen MR) is 114 cm³/mol. The van der Waals surface area contributed by atoms with E-state index in [9.17, 15) is 4.79 Å². The van der Waals surface area contributed by atoms with Gasteiger partial charge in [0.05, 0.1) is 0 Å². The van der Waals surface area contributed by atoms with Crippen molar-refractivity contribution in [2.24, 2.45) is 0 Å². The Morgan fingerprint density at radius 3 is 2.46 bits per heavy atom. The van der Waals surface area contributed by atoms with Crippen LogP contribution in [0.15, 0.2) is 42.5 Å². The molecule has 0 bridgehead atoms. The van der Waals surface area contributed by atoms with Crippen molar-refractivity contribution in [3.63, 3.8) is 0 Å². The van der Waals surface area contributed by atoms with Crippen LogP contribution in [-0.4, -0.2) is 46.6 Å². The third-order valence-corrected chi connectivity index (χ3v) is 6.25. The van der Waals surface area contributed by atoms with Gasteiger partial charge in [-0.05, 0) is 54.7 Å². The molecule has 2 heterocycles. The van der Waals surface area contributed by atoms with E-state index in [0.717, 1.165) is 30.2 Å². The third-order valence-electron chi connectivity index (χ3n) is 5.28. The number of hydrogen-bond donors (Lipinski definition) is 0. The third kappa shape index (κ3) is 3.62. The summed E-state index contributed by atoms with van der Waals surface area (Å²) in [5.74, 6) is 0.000522. The number of hydrogen-bond acceptors (Lipinski definition) is 5. The molecule has 5 nitrogen and oxygen atoms in total. The fourth-order valence-corrected chi connectivity index (χ4v) is 4.28. The highest BCUT2D eigenvalue weighted by Crippen LogP contribution is 2.28. The zero-order chi connectivity index (χ0) is 19.7. The minimum atomic E-state index is 0.000522. The lowest BCUT2D eigenvalue weighted by Gasteiger charge is -2.36. The van der Waals surface area contributed by atoms with Gasteiger partial charge in [0.1, 0.15) is 10.6 Å². The van der Waals surface area contributed by atoms with Crippen molar-refractivity contribution in [2.45, 2.75) is 13.8 Å². The number of carbonyl (C=O) groups is 1. The summed E-state index contributed by atoms with van der Waals surface area (Å²) < 4.78 is 4.02. The van der Waals surface area contributed by atoms with Gasteiger partial charge < -0.3 is 9.80 Å². The number of nitrogens with zero attached hydrogens (tertiary/aromatic N) is 4. The summed E-state index contributed by atoms with van der Waals surface area (Å²) >= 11 is 7.12. The molecule has 4 rings (SSSR count). The van der Waals surface area contributed by atoms with E-state index in [4.69, 9.17) is 11.6 Å². The van der Waals surface area contributed by atoms with Crippen LogP contribution in [0.2, 0.25) is 5.02 Å². The Balaban J connectivity index is 1.49. The fraction of sp³-hybridized carbons (Fsp3) is 0.286. The molecule has 0 atom stereocenters. The van der Waals surface area contributed by atoms with Gasteiger partial charge >= 0.3 is 0 Å². The van der Waals surface area contributed by atoms with Gasteiger partial charge in [-0.2, -0.15) is 0 Å². The van der Waals surface area contributed by atoms with Gasteiger partial charge in [-0.1, -0.05) is 40.4 Å². The van der Waals surface area contributed by atoms with Crippen LogP contribution in [0.3, 0.4) is 0 Å². The predicted octanol–water partition coefficient (Wildman–Crippen LogP) is 4.44. The summed E-state index contributed by atoms with van der Waals surface area (Å²) in [6.45, 7) is 7.29. The molecule has 0 unspecified atom stereocenters. The van der Waals surface area contributed by atoms with Gasteiger partial charge in [-0.3, -0.25) is 4.79 Å². The summed E-state index contributed by atoms with van der Waals surface area (Å²) in [7, 11) is 0. The van der Waals surface area contributed by atoms with E-state index in [2.05, 4.69) is 46.5 Å². The molecule has 1 aromatic heterocycles. The Bertz CT molecular complexity index is 994. The molecule has 7 heteroatoms. The van der Waals surface area contributed by atoms with E-state index in [1.54, 1.807) is 12.1 Å². The van der Waals surface area contributed by atoms with Crippen LogP contribution in [0, 0.1) is 13.8 Å². The maximum atomic E-state index is 13.1.